The van der Waals surface area contributed by atoms with E-state index in [0.717, 1.165) is 31.4 Å². The molecule has 84 valence electrons. The lowest BCUT2D eigenvalue weighted by Crippen LogP contribution is -2.35. The van der Waals surface area contributed by atoms with Crippen molar-refractivity contribution in [2.45, 2.75) is 62.9 Å². The van der Waals surface area contributed by atoms with Crippen molar-refractivity contribution in [1.82, 2.24) is 0 Å². The number of rotatable bonds is 4. The van der Waals surface area contributed by atoms with Crippen molar-refractivity contribution in [3.8, 4) is 0 Å². The average molecular weight is 218 g/mol. The van der Waals surface area contributed by atoms with Crippen LogP contribution < -0.4 is 0 Å². The van der Waals surface area contributed by atoms with Crippen molar-refractivity contribution in [2.75, 3.05) is 5.75 Å². The van der Waals surface area contributed by atoms with Gasteiger partial charge in [-0.2, -0.15) is 11.8 Å². The molecule has 0 saturated heterocycles. The Labute approximate surface area is 91.1 Å². The van der Waals surface area contributed by atoms with Crippen LogP contribution in [-0.2, 0) is 0 Å². The molecule has 0 amide bonds. The topological polar surface area (TPSA) is 40.5 Å². The molecule has 2 nitrogen and oxygen atoms in total. The fourth-order valence-electron chi connectivity index (χ4n) is 1.78. The second kappa shape index (κ2) is 5.38. The molecular weight excluding hydrogens is 196 g/mol. The Kier molecular flexibility index (Phi) is 4.74. The number of aliphatic hydroxyl groups is 2. The monoisotopic (exact) mass is 218 g/mol. The third kappa shape index (κ3) is 3.79. The first-order valence-corrected chi connectivity index (χ1v) is 6.60. The molecule has 0 aromatic heterocycles. The van der Waals surface area contributed by atoms with Crippen LogP contribution in [-0.4, -0.2) is 32.9 Å². The summed E-state index contributed by atoms with van der Waals surface area (Å²) < 4.78 is 0. The highest BCUT2D eigenvalue weighted by molar-refractivity contribution is 8.00. The first kappa shape index (κ1) is 12.3. The van der Waals surface area contributed by atoms with Gasteiger partial charge in [-0.3, -0.25) is 0 Å². The summed E-state index contributed by atoms with van der Waals surface area (Å²) in [6, 6.07) is 0. The van der Waals surface area contributed by atoms with E-state index in [-0.39, 0.29) is 11.4 Å². The van der Waals surface area contributed by atoms with Gasteiger partial charge in [0, 0.05) is 11.0 Å². The fraction of sp³-hybridized carbons (Fsp3) is 1.00. The van der Waals surface area contributed by atoms with Gasteiger partial charge in [0.15, 0.2) is 0 Å². The van der Waals surface area contributed by atoms with Gasteiger partial charge in [0.1, 0.15) is 0 Å². The first-order valence-electron chi connectivity index (χ1n) is 5.55. The molecule has 0 bridgehead atoms. The number of aliphatic hydroxyl groups excluding tert-OH is 1. The predicted molar refractivity (Wildman–Crippen MR) is 61.6 cm³/mol. The van der Waals surface area contributed by atoms with E-state index < -0.39 is 5.60 Å². The molecule has 14 heavy (non-hydrogen) atoms. The van der Waals surface area contributed by atoms with E-state index >= 15 is 0 Å². The highest BCUT2D eigenvalue weighted by Gasteiger charge is 2.29. The largest absolute Gasteiger partial charge is 0.392 e. The van der Waals surface area contributed by atoms with Gasteiger partial charge in [-0.1, -0.05) is 26.2 Å². The molecule has 3 heteroatoms. The number of thioether (sulfide) groups is 1. The molecule has 1 aliphatic carbocycles. The maximum absolute atomic E-state index is 10.2. The lowest BCUT2D eigenvalue weighted by Gasteiger charge is -2.32. The SMILES string of the molecule is CC(O)C(C)SCC1(O)CCCCC1. The summed E-state index contributed by atoms with van der Waals surface area (Å²) in [4.78, 5) is 0. The zero-order valence-electron chi connectivity index (χ0n) is 9.20. The van der Waals surface area contributed by atoms with Crippen LogP contribution in [0, 0.1) is 0 Å². The first-order chi connectivity index (χ1) is 6.53. The highest BCUT2D eigenvalue weighted by Crippen LogP contribution is 2.32. The van der Waals surface area contributed by atoms with Crippen LogP contribution in [0.1, 0.15) is 46.0 Å². The van der Waals surface area contributed by atoms with Gasteiger partial charge in [-0.05, 0) is 19.8 Å². The summed E-state index contributed by atoms with van der Waals surface area (Å²) in [6.45, 7) is 3.82. The number of hydrogen-bond donors (Lipinski definition) is 2. The van der Waals surface area contributed by atoms with Crippen molar-refractivity contribution < 1.29 is 10.2 Å². The van der Waals surface area contributed by atoms with Gasteiger partial charge >= 0.3 is 0 Å². The van der Waals surface area contributed by atoms with Gasteiger partial charge in [-0.25, -0.2) is 0 Å². The van der Waals surface area contributed by atoms with E-state index in [9.17, 15) is 10.2 Å². The summed E-state index contributed by atoms with van der Waals surface area (Å²) in [5.41, 5.74) is -0.452. The maximum Gasteiger partial charge on any atom is 0.0737 e. The van der Waals surface area contributed by atoms with Gasteiger partial charge in [-0.15, -0.1) is 0 Å². The molecule has 1 rings (SSSR count). The Hall–Kier alpha value is 0.270. The lowest BCUT2D eigenvalue weighted by atomic mass is 9.86. The van der Waals surface area contributed by atoms with Gasteiger partial charge in [0.25, 0.3) is 0 Å². The summed E-state index contributed by atoms with van der Waals surface area (Å²) in [6.07, 6.45) is 5.16. The molecule has 1 fully saturated rings. The van der Waals surface area contributed by atoms with Crippen LogP contribution in [0.3, 0.4) is 0 Å². The van der Waals surface area contributed by atoms with Crippen molar-refractivity contribution in [1.29, 1.82) is 0 Å². The minimum Gasteiger partial charge on any atom is -0.392 e. The van der Waals surface area contributed by atoms with E-state index in [2.05, 4.69) is 0 Å². The molecule has 2 N–H and O–H groups in total. The molecule has 0 aromatic carbocycles. The van der Waals surface area contributed by atoms with Crippen LogP contribution in [0.5, 0.6) is 0 Å². The zero-order valence-corrected chi connectivity index (χ0v) is 10.0. The van der Waals surface area contributed by atoms with Crippen molar-refractivity contribution in [3.05, 3.63) is 0 Å². The second-order valence-corrected chi connectivity index (χ2v) is 5.91. The summed E-state index contributed by atoms with van der Waals surface area (Å²) in [7, 11) is 0. The predicted octanol–water partition coefficient (Wildman–Crippen LogP) is 2.18. The Morgan fingerprint density at radius 1 is 1.21 bits per heavy atom. The maximum atomic E-state index is 10.2. The summed E-state index contributed by atoms with van der Waals surface area (Å²) >= 11 is 1.69. The molecule has 2 atom stereocenters. The van der Waals surface area contributed by atoms with E-state index in [1.54, 1.807) is 11.8 Å². The summed E-state index contributed by atoms with van der Waals surface area (Å²) in [5.74, 6) is 0.777. The van der Waals surface area contributed by atoms with E-state index in [0.29, 0.717) is 0 Å². The second-order valence-electron chi connectivity index (χ2n) is 4.54. The molecule has 1 aliphatic rings. The lowest BCUT2D eigenvalue weighted by molar-refractivity contribution is 0.0270. The van der Waals surface area contributed by atoms with Crippen molar-refractivity contribution >= 4 is 11.8 Å². The van der Waals surface area contributed by atoms with E-state index in [4.69, 9.17) is 0 Å². The highest BCUT2D eigenvalue weighted by atomic mass is 32.2. The molecule has 0 spiro atoms. The van der Waals surface area contributed by atoms with Crippen LogP contribution in [0.15, 0.2) is 0 Å². The average Bonchev–Trinajstić information content (AvgIpc) is 2.15. The zero-order chi connectivity index (χ0) is 10.6. The normalized spacial score (nSPS) is 25.7. The molecule has 1 saturated carbocycles. The van der Waals surface area contributed by atoms with E-state index in [1.165, 1.54) is 6.42 Å². The van der Waals surface area contributed by atoms with Crippen LogP contribution in [0.25, 0.3) is 0 Å². The minimum atomic E-state index is -0.452. The van der Waals surface area contributed by atoms with Crippen LogP contribution in [0.2, 0.25) is 0 Å². The fourth-order valence-corrected chi connectivity index (χ4v) is 2.92. The Balaban J connectivity index is 2.28. The molecule has 0 radical (unpaired) electrons. The Morgan fingerprint density at radius 2 is 1.79 bits per heavy atom. The molecular formula is C11H22O2S. The molecule has 0 heterocycles. The Morgan fingerprint density at radius 3 is 2.29 bits per heavy atom. The smallest absolute Gasteiger partial charge is 0.0737 e. The molecule has 2 unspecified atom stereocenters. The standard InChI is InChI=1S/C11H22O2S/c1-9(12)10(2)14-8-11(13)6-4-3-5-7-11/h9-10,12-13H,3-8H2,1-2H3. The summed E-state index contributed by atoms with van der Waals surface area (Å²) in [5, 5.41) is 19.8. The van der Waals surface area contributed by atoms with Crippen molar-refractivity contribution in [2.24, 2.45) is 0 Å². The van der Waals surface area contributed by atoms with Gasteiger partial charge in [0.2, 0.25) is 0 Å². The van der Waals surface area contributed by atoms with Gasteiger partial charge < -0.3 is 10.2 Å². The van der Waals surface area contributed by atoms with Crippen molar-refractivity contribution in [3.63, 3.8) is 0 Å². The molecule has 0 aliphatic heterocycles. The Bertz CT molecular complexity index is 165. The van der Waals surface area contributed by atoms with Crippen LogP contribution in [0.4, 0.5) is 0 Å². The third-order valence-corrected chi connectivity index (χ3v) is 4.70. The third-order valence-electron chi connectivity index (χ3n) is 3.08. The van der Waals surface area contributed by atoms with Crippen LogP contribution >= 0.6 is 11.8 Å². The number of hydrogen-bond acceptors (Lipinski definition) is 3. The molecule has 0 aromatic rings. The minimum absolute atomic E-state index is 0.223. The van der Waals surface area contributed by atoms with Gasteiger partial charge in [0.05, 0.1) is 11.7 Å². The van der Waals surface area contributed by atoms with E-state index in [1.807, 2.05) is 13.8 Å². The quantitative estimate of drug-likeness (QED) is 0.760.